The number of carbonyl (C=O) groups excluding carboxylic acids is 1. The molecule has 31 heavy (non-hydrogen) atoms. The van der Waals surface area contributed by atoms with Gasteiger partial charge in [0.25, 0.3) is 5.91 Å². The SMILES string of the molecule is O=C(C1COc2ccccc2O1)N1CCN(S(=O)(=O)c2cccc3cccnc23)CC1. The Bertz CT molecular complexity index is 1230. The Morgan fingerprint density at radius 3 is 2.48 bits per heavy atom. The molecule has 2 aliphatic heterocycles. The normalized spacial score (nSPS) is 19.4. The van der Waals surface area contributed by atoms with Gasteiger partial charge in [0.05, 0.1) is 5.52 Å². The molecule has 1 aromatic heterocycles. The molecule has 1 unspecified atom stereocenters. The molecular weight excluding hydrogens is 418 g/mol. The van der Waals surface area contributed by atoms with Crippen LogP contribution in [0.4, 0.5) is 0 Å². The number of hydrogen-bond acceptors (Lipinski definition) is 6. The van der Waals surface area contributed by atoms with Crippen molar-refractivity contribution in [1.82, 2.24) is 14.2 Å². The maximum Gasteiger partial charge on any atom is 0.267 e. The predicted octanol–water partition coefficient (Wildman–Crippen LogP) is 1.91. The number of piperazine rings is 1. The average Bonchev–Trinajstić information content (AvgIpc) is 2.83. The van der Waals surface area contributed by atoms with Crippen molar-refractivity contribution in [3.05, 3.63) is 60.8 Å². The minimum Gasteiger partial charge on any atom is -0.485 e. The minimum atomic E-state index is -3.73. The second-order valence-corrected chi connectivity index (χ2v) is 9.33. The third-order valence-corrected chi connectivity index (χ3v) is 7.48. The monoisotopic (exact) mass is 439 g/mol. The zero-order chi connectivity index (χ0) is 21.4. The molecule has 2 aromatic carbocycles. The first-order valence-corrected chi connectivity index (χ1v) is 11.5. The van der Waals surface area contributed by atoms with E-state index in [4.69, 9.17) is 9.47 Å². The Kier molecular flexibility index (Phi) is 4.99. The van der Waals surface area contributed by atoms with Crippen molar-refractivity contribution >= 4 is 26.8 Å². The lowest BCUT2D eigenvalue weighted by Gasteiger charge is -2.36. The van der Waals surface area contributed by atoms with Crippen molar-refractivity contribution in [1.29, 1.82) is 0 Å². The van der Waals surface area contributed by atoms with Crippen molar-refractivity contribution in [2.45, 2.75) is 11.0 Å². The fourth-order valence-electron chi connectivity index (χ4n) is 3.92. The van der Waals surface area contributed by atoms with Gasteiger partial charge in [0.2, 0.25) is 16.1 Å². The summed E-state index contributed by atoms with van der Waals surface area (Å²) in [6.07, 6.45) is 0.850. The smallest absolute Gasteiger partial charge is 0.267 e. The summed E-state index contributed by atoms with van der Waals surface area (Å²) in [5.41, 5.74) is 0.454. The van der Waals surface area contributed by atoms with E-state index in [-0.39, 0.29) is 43.6 Å². The number of amides is 1. The zero-order valence-electron chi connectivity index (χ0n) is 16.7. The van der Waals surface area contributed by atoms with E-state index >= 15 is 0 Å². The summed E-state index contributed by atoms with van der Waals surface area (Å²) in [4.78, 5) is 19.0. The van der Waals surface area contributed by atoms with Crippen LogP contribution in [-0.4, -0.2) is 67.4 Å². The second-order valence-electron chi connectivity index (χ2n) is 7.42. The maximum atomic E-state index is 13.3. The molecule has 1 fully saturated rings. The van der Waals surface area contributed by atoms with Crippen LogP contribution in [0.15, 0.2) is 65.7 Å². The van der Waals surface area contributed by atoms with E-state index in [0.717, 1.165) is 5.39 Å². The highest BCUT2D eigenvalue weighted by Crippen LogP contribution is 2.31. The Morgan fingerprint density at radius 2 is 1.68 bits per heavy atom. The molecule has 2 aliphatic rings. The molecule has 0 spiro atoms. The average molecular weight is 439 g/mol. The quantitative estimate of drug-likeness (QED) is 0.619. The lowest BCUT2D eigenvalue weighted by atomic mass is 10.2. The van der Waals surface area contributed by atoms with E-state index in [9.17, 15) is 13.2 Å². The molecule has 0 radical (unpaired) electrons. The molecule has 3 aromatic rings. The molecule has 5 rings (SSSR count). The number of benzene rings is 2. The van der Waals surface area contributed by atoms with Gasteiger partial charge < -0.3 is 14.4 Å². The van der Waals surface area contributed by atoms with Gasteiger partial charge in [-0.2, -0.15) is 4.31 Å². The van der Waals surface area contributed by atoms with Crippen LogP contribution < -0.4 is 9.47 Å². The number of para-hydroxylation sites is 3. The Hall–Kier alpha value is -3.17. The van der Waals surface area contributed by atoms with Crippen LogP contribution in [0.1, 0.15) is 0 Å². The molecule has 160 valence electrons. The molecular formula is C22H21N3O5S. The van der Waals surface area contributed by atoms with E-state index < -0.39 is 16.1 Å². The van der Waals surface area contributed by atoms with E-state index in [1.807, 2.05) is 24.3 Å². The Labute approximate surface area is 180 Å². The van der Waals surface area contributed by atoms with Crippen molar-refractivity contribution in [2.24, 2.45) is 0 Å². The summed E-state index contributed by atoms with van der Waals surface area (Å²) >= 11 is 0. The van der Waals surface area contributed by atoms with Gasteiger partial charge in [-0.3, -0.25) is 9.78 Å². The van der Waals surface area contributed by atoms with E-state index in [1.165, 1.54) is 4.31 Å². The molecule has 1 atom stereocenters. The predicted molar refractivity (Wildman–Crippen MR) is 113 cm³/mol. The van der Waals surface area contributed by atoms with Gasteiger partial charge in [-0.1, -0.05) is 30.3 Å². The topological polar surface area (TPSA) is 89.0 Å². The van der Waals surface area contributed by atoms with Gasteiger partial charge in [-0.25, -0.2) is 8.42 Å². The minimum absolute atomic E-state index is 0.135. The van der Waals surface area contributed by atoms with Crippen molar-refractivity contribution in [3.63, 3.8) is 0 Å². The van der Waals surface area contributed by atoms with E-state index in [2.05, 4.69) is 4.98 Å². The molecule has 0 aliphatic carbocycles. The third kappa shape index (κ3) is 3.60. The van der Waals surface area contributed by atoms with Crippen LogP contribution in [0.25, 0.3) is 10.9 Å². The first-order chi connectivity index (χ1) is 15.0. The lowest BCUT2D eigenvalue weighted by Crippen LogP contribution is -2.55. The van der Waals surface area contributed by atoms with Gasteiger partial charge in [0.1, 0.15) is 11.5 Å². The van der Waals surface area contributed by atoms with Crippen LogP contribution >= 0.6 is 0 Å². The van der Waals surface area contributed by atoms with Gasteiger partial charge >= 0.3 is 0 Å². The van der Waals surface area contributed by atoms with Crippen LogP contribution in [0.2, 0.25) is 0 Å². The number of rotatable bonds is 3. The van der Waals surface area contributed by atoms with Gasteiger partial charge in [-0.05, 0) is 24.3 Å². The summed E-state index contributed by atoms with van der Waals surface area (Å²) in [6, 6.07) is 16.0. The van der Waals surface area contributed by atoms with Crippen LogP contribution in [-0.2, 0) is 14.8 Å². The van der Waals surface area contributed by atoms with Crippen LogP contribution in [0.3, 0.4) is 0 Å². The highest BCUT2D eigenvalue weighted by atomic mass is 32.2. The molecule has 3 heterocycles. The first-order valence-electron chi connectivity index (χ1n) is 10.1. The molecule has 8 nitrogen and oxygen atoms in total. The van der Waals surface area contributed by atoms with Crippen molar-refractivity contribution in [3.8, 4) is 11.5 Å². The number of fused-ring (bicyclic) bond motifs is 2. The van der Waals surface area contributed by atoms with Gasteiger partial charge in [0, 0.05) is 37.8 Å². The summed E-state index contributed by atoms with van der Waals surface area (Å²) in [5.74, 6) is 0.960. The summed E-state index contributed by atoms with van der Waals surface area (Å²) in [7, 11) is -3.73. The fourth-order valence-corrected chi connectivity index (χ4v) is 5.50. The van der Waals surface area contributed by atoms with Crippen molar-refractivity contribution in [2.75, 3.05) is 32.8 Å². The number of nitrogens with zero attached hydrogens (tertiary/aromatic N) is 3. The number of carbonyl (C=O) groups is 1. The zero-order valence-corrected chi connectivity index (χ0v) is 17.5. The number of pyridine rings is 1. The fraction of sp³-hybridized carbons (Fsp3) is 0.273. The van der Waals surface area contributed by atoms with Crippen molar-refractivity contribution < 1.29 is 22.7 Å². The molecule has 0 saturated carbocycles. The number of sulfonamides is 1. The number of hydrogen-bond donors (Lipinski definition) is 0. The van der Waals surface area contributed by atoms with Gasteiger partial charge in [-0.15, -0.1) is 0 Å². The summed E-state index contributed by atoms with van der Waals surface area (Å²) in [6.45, 7) is 1.13. The highest BCUT2D eigenvalue weighted by Gasteiger charge is 2.36. The summed E-state index contributed by atoms with van der Waals surface area (Å²) < 4.78 is 39.4. The van der Waals surface area contributed by atoms with E-state index in [0.29, 0.717) is 17.0 Å². The van der Waals surface area contributed by atoms with Crippen LogP contribution in [0, 0.1) is 0 Å². The third-order valence-electron chi connectivity index (χ3n) is 5.55. The molecule has 1 amide bonds. The number of ether oxygens (including phenoxy) is 2. The molecule has 0 bridgehead atoms. The lowest BCUT2D eigenvalue weighted by molar-refractivity contribution is -0.142. The molecule has 9 heteroatoms. The Morgan fingerprint density at radius 1 is 0.935 bits per heavy atom. The van der Waals surface area contributed by atoms with Gasteiger partial charge in [0.15, 0.2) is 11.5 Å². The standard InChI is InChI=1S/C22H21N3O5S/c26-22(19-15-29-17-7-1-2-8-18(17)30-19)24-11-13-25(14-12-24)31(27,28)20-9-3-5-16-6-4-10-23-21(16)20/h1-10,19H,11-15H2. The largest absolute Gasteiger partial charge is 0.485 e. The van der Waals surface area contributed by atoms with E-state index in [1.54, 1.807) is 41.4 Å². The van der Waals surface area contributed by atoms with Crippen LogP contribution in [0.5, 0.6) is 11.5 Å². The highest BCUT2D eigenvalue weighted by molar-refractivity contribution is 7.89. The second kappa shape index (κ2) is 7.82. The molecule has 1 saturated heterocycles. The summed E-state index contributed by atoms with van der Waals surface area (Å²) in [5, 5.41) is 0.770. The first kappa shape index (κ1) is 19.8. The number of aromatic nitrogens is 1. The Balaban J connectivity index is 1.28. The maximum absolute atomic E-state index is 13.3. The molecule has 0 N–H and O–H groups in total.